The van der Waals surface area contributed by atoms with E-state index in [0.717, 1.165) is 0 Å². The molecule has 0 unspecified atom stereocenters. The summed E-state index contributed by atoms with van der Waals surface area (Å²) in [6, 6.07) is 0. The normalized spacial score (nSPS) is 11.4. The maximum Gasteiger partial charge on any atom is 0.0704 e. The van der Waals surface area contributed by atoms with Crippen molar-refractivity contribution in [1.29, 1.82) is 0 Å². The smallest absolute Gasteiger partial charge is 0.0704 e. The van der Waals surface area contributed by atoms with Crippen molar-refractivity contribution in [3.63, 3.8) is 0 Å². The van der Waals surface area contributed by atoms with E-state index in [1.807, 2.05) is 13.8 Å². The van der Waals surface area contributed by atoms with Gasteiger partial charge in [-0.3, -0.25) is 0 Å². The van der Waals surface area contributed by atoms with Gasteiger partial charge in [-0.05, 0) is 13.8 Å². The molecule has 0 aliphatic heterocycles. The summed E-state index contributed by atoms with van der Waals surface area (Å²) >= 11 is 0. The zero-order chi connectivity index (χ0) is 20.5. The highest BCUT2D eigenvalue weighted by molar-refractivity contribution is 4.63. The van der Waals surface area contributed by atoms with E-state index in [1.54, 1.807) is 6.08 Å². The van der Waals surface area contributed by atoms with Gasteiger partial charge in [-0.2, -0.15) is 0 Å². The zero-order valence-electron chi connectivity index (χ0n) is 17.7. The summed E-state index contributed by atoms with van der Waals surface area (Å²) < 4.78 is 42.9. The van der Waals surface area contributed by atoms with E-state index in [9.17, 15) is 0 Å². The Bertz CT molecular complexity index is 302. The molecule has 8 heteroatoms. The fourth-order valence-corrected chi connectivity index (χ4v) is 1.83. The van der Waals surface area contributed by atoms with Crippen LogP contribution in [0.25, 0.3) is 0 Å². The zero-order valence-corrected chi connectivity index (χ0v) is 17.7. The summed E-state index contributed by atoms with van der Waals surface area (Å²) in [7, 11) is 0. The molecule has 0 atom stereocenters. The van der Waals surface area contributed by atoms with Crippen LogP contribution >= 0.6 is 0 Å². The molecule has 0 rings (SSSR count). The predicted octanol–water partition coefficient (Wildman–Crippen LogP) is 1.71. The first kappa shape index (κ1) is 27.4. The van der Waals surface area contributed by atoms with Crippen LogP contribution in [0.1, 0.15) is 13.8 Å². The van der Waals surface area contributed by atoms with Crippen molar-refractivity contribution >= 4 is 0 Å². The molecule has 0 aliphatic rings. The van der Waals surface area contributed by atoms with Crippen molar-refractivity contribution in [2.24, 2.45) is 0 Å². The second-order valence-electron chi connectivity index (χ2n) is 5.96. The lowest BCUT2D eigenvalue weighted by Crippen LogP contribution is -2.15. The minimum Gasteiger partial charge on any atom is -0.377 e. The second kappa shape index (κ2) is 24.5. The molecule has 0 bridgehead atoms. The first-order valence-corrected chi connectivity index (χ1v) is 10.0. The summed E-state index contributed by atoms with van der Waals surface area (Å²) in [6.07, 6.45) is 1.96. The monoisotopic (exact) mass is 408 g/mol. The van der Waals surface area contributed by atoms with Crippen LogP contribution in [0, 0.1) is 0 Å². The molecular formula is C20H40O8. The van der Waals surface area contributed by atoms with Gasteiger partial charge in [0.25, 0.3) is 0 Å². The summed E-state index contributed by atoms with van der Waals surface area (Å²) in [5, 5.41) is 0. The van der Waals surface area contributed by atoms with E-state index >= 15 is 0 Å². The quantitative estimate of drug-likeness (QED) is 0.177. The van der Waals surface area contributed by atoms with Gasteiger partial charge >= 0.3 is 0 Å². The average molecular weight is 409 g/mol. The van der Waals surface area contributed by atoms with Gasteiger partial charge in [0, 0.05) is 0 Å². The lowest BCUT2D eigenvalue weighted by atomic mass is 10.5. The molecule has 0 aromatic rings. The largest absolute Gasteiger partial charge is 0.377 e. The summed E-state index contributed by atoms with van der Waals surface area (Å²) in [6.45, 7) is 16.0. The Morgan fingerprint density at radius 3 is 1.07 bits per heavy atom. The molecule has 0 aliphatic carbocycles. The maximum absolute atomic E-state index is 5.42. The molecular weight excluding hydrogens is 368 g/mol. The Labute approximate surface area is 170 Å². The van der Waals surface area contributed by atoms with Crippen molar-refractivity contribution in [3.05, 3.63) is 12.7 Å². The van der Waals surface area contributed by atoms with E-state index in [0.29, 0.717) is 99.1 Å². The summed E-state index contributed by atoms with van der Waals surface area (Å²) in [5.41, 5.74) is 0. The maximum atomic E-state index is 5.42. The third-order valence-corrected chi connectivity index (χ3v) is 3.15. The number of hydrogen-bond donors (Lipinski definition) is 0. The number of hydrogen-bond acceptors (Lipinski definition) is 8. The lowest BCUT2D eigenvalue weighted by molar-refractivity contribution is -0.0252. The van der Waals surface area contributed by atoms with Gasteiger partial charge < -0.3 is 37.9 Å². The molecule has 28 heavy (non-hydrogen) atoms. The molecule has 0 heterocycles. The van der Waals surface area contributed by atoms with Crippen molar-refractivity contribution in [1.82, 2.24) is 0 Å². The van der Waals surface area contributed by atoms with Crippen LogP contribution in [-0.4, -0.2) is 105 Å². The fraction of sp³-hybridized carbons (Fsp3) is 0.900. The van der Waals surface area contributed by atoms with Crippen LogP contribution in [0.2, 0.25) is 0 Å². The van der Waals surface area contributed by atoms with E-state index in [1.165, 1.54) is 0 Å². The molecule has 0 spiro atoms. The molecule has 0 saturated heterocycles. The number of rotatable bonds is 24. The van der Waals surface area contributed by atoms with Gasteiger partial charge in [0.05, 0.1) is 105 Å². The molecule has 0 aromatic carbocycles. The van der Waals surface area contributed by atoms with Crippen molar-refractivity contribution in [3.8, 4) is 0 Å². The average Bonchev–Trinajstić information content (AvgIpc) is 2.68. The minimum absolute atomic E-state index is 0.242. The Hall–Kier alpha value is -0.580. The van der Waals surface area contributed by atoms with Crippen LogP contribution in [0.4, 0.5) is 0 Å². The minimum atomic E-state index is 0.242. The first-order valence-electron chi connectivity index (χ1n) is 10.0. The SMILES string of the molecule is C=CCOCCOCCOCCOCCOCCOCCOCCOC(C)C. The third kappa shape index (κ3) is 25.4. The lowest BCUT2D eigenvalue weighted by Gasteiger charge is -2.09. The van der Waals surface area contributed by atoms with Gasteiger partial charge in [0.1, 0.15) is 0 Å². The Balaban J connectivity index is 2.99. The molecule has 0 N–H and O–H groups in total. The van der Waals surface area contributed by atoms with Gasteiger partial charge in [-0.15, -0.1) is 6.58 Å². The molecule has 168 valence electrons. The molecule has 0 radical (unpaired) electrons. The van der Waals surface area contributed by atoms with Gasteiger partial charge in [0.2, 0.25) is 0 Å². The molecule has 0 saturated carbocycles. The topological polar surface area (TPSA) is 73.8 Å². The van der Waals surface area contributed by atoms with E-state index in [2.05, 4.69) is 6.58 Å². The Morgan fingerprint density at radius 1 is 0.500 bits per heavy atom. The highest BCUT2D eigenvalue weighted by atomic mass is 16.6. The molecule has 8 nitrogen and oxygen atoms in total. The van der Waals surface area contributed by atoms with Crippen molar-refractivity contribution in [2.75, 3.05) is 99.1 Å². The van der Waals surface area contributed by atoms with Gasteiger partial charge in [-0.1, -0.05) is 6.08 Å². The standard InChI is InChI=1S/C20H40O8/c1-4-5-21-6-7-22-8-9-23-10-11-24-12-13-25-14-15-26-16-17-27-18-19-28-20(2)3/h4,20H,1,5-19H2,2-3H3. The molecule has 0 fully saturated rings. The van der Waals surface area contributed by atoms with Crippen LogP contribution in [0.3, 0.4) is 0 Å². The number of ether oxygens (including phenoxy) is 8. The molecule has 0 amide bonds. The van der Waals surface area contributed by atoms with Crippen LogP contribution in [0.5, 0.6) is 0 Å². The second-order valence-corrected chi connectivity index (χ2v) is 5.96. The van der Waals surface area contributed by atoms with Crippen molar-refractivity contribution in [2.45, 2.75) is 20.0 Å². The van der Waals surface area contributed by atoms with Crippen LogP contribution in [-0.2, 0) is 37.9 Å². The fourth-order valence-electron chi connectivity index (χ4n) is 1.83. The van der Waals surface area contributed by atoms with E-state index in [-0.39, 0.29) is 6.10 Å². The van der Waals surface area contributed by atoms with Crippen LogP contribution in [0.15, 0.2) is 12.7 Å². The Morgan fingerprint density at radius 2 is 0.786 bits per heavy atom. The summed E-state index contributed by atoms with van der Waals surface area (Å²) in [4.78, 5) is 0. The molecule has 0 aromatic heterocycles. The Kier molecular flexibility index (Phi) is 24.0. The summed E-state index contributed by atoms with van der Waals surface area (Å²) in [5.74, 6) is 0. The predicted molar refractivity (Wildman–Crippen MR) is 107 cm³/mol. The van der Waals surface area contributed by atoms with Crippen LogP contribution < -0.4 is 0 Å². The highest BCUT2D eigenvalue weighted by Crippen LogP contribution is 1.88. The van der Waals surface area contributed by atoms with Gasteiger partial charge in [0.15, 0.2) is 0 Å². The first-order chi connectivity index (χ1) is 13.8. The van der Waals surface area contributed by atoms with Crippen molar-refractivity contribution < 1.29 is 37.9 Å². The highest BCUT2D eigenvalue weighted by Gasteiger charge is 1.95. The van der Waals surface area contributed by atoms with Gasteiger partial charge in [-0.25, -0.2) is 0 Å². The van der Waals surface area contributed by atoms with E-state index < -0.39 is 0 Å². The van der Waals surface area contributed by atoms with E-state index in [4.69, 9.17) is 37.9 Å². The third-order valence-electron chi connectivity index (χ3n) is 3.15.